The molecule has 0 saturated carbocycles. The van der Waals surface area contributed by atoms with Crippen LogP contribution < -0.4 is 0 Å². The van der Waals surface area contributed by atoms with E-state index in [9.17, 15) is 0 Å². The Morgan fingerprint density at radius 3 is 2.67 bits per heavy atom. The number of hydrogen-bond donors (Lipinski definition) is 0. The maximum atomic E-state index is 2.62. The highest BCUT2D eigenvalue weighted by atomic mass is 15.2. The molecule has 1 heterocycles. The summed E-state index contributed by atoms with van der Waals surface area (Å²) in [4.78, 5) is 2.62. The standard InChI is InChI=1S/C14H21N/c1-3-10-15-11-9-14(12(15)2)13-7-5-4-6-8-13/h4-8,12,14H,3,9-11H2,1-2H3/t12-,14-/m0/s1. The Balaban J connectivity index is 2.07. The van der Waals surface area contributed by atoms with Crippen molar-refractivity contribution < 1.29 is 0 Å². The molecule has 0 spiro atoms. The van der Waals surface area contributed by atoms with Crippen LogP contribution in [0.2, 0.25) is 0 Å². The van der Waals surface area contributed by atoms with Crippen molar-refractivity contribution in [2.75, 3.05) is 13.1 Å². The Morgan fingerprint density at radius 2 is 2.00 bits per heavy atom. The smallest absolute Gasteiger partial charge is 0.0136 e. The number of benzene rings is 1. The molecule has 1 fully saturated rings. The summed E-state index contributed by atoms with van der Waals surface area (Å²) in [5, 5.41) is 0. The zero-order valence-corrected chi connectivity index (χ0v) is 9.82. The van der Waals surface area contributed by atoms with Crippen LogP contribution in [0.5, 0.6) is 0 Å². The van der Waals surface area contributed by atoms with E-state index in [-0.39, 0.29) is 0 Å². The fourth-order valence-electron chi connectivity index (χ4n) is 2.75. The van der Waals surface area contributed by atoms with E-state index in [1.165, 1.54) is 31.5 Å². The maximum absolute atomic E-state index is 2.62. The molecule has 2 rings (SSSR count). The van der Waals surface area contributed by atoms with Gasteiger partial charge in [0, 0.05) is 12.0 Å². The first kappa shape index (κ1) is 10.7. The van der Waals surface area contributed by atoms with E-state index < -0.39 is 0 Å². The normalized spacial score (nSPS) is 27.1. The average molecular weight is 203 g/mol. The van der Waals surface area contributed by atoms with Gasteiger partial charge in [0.1, 0.15) is 0 Å². The van der Waals surface area contributed by atoms with Crippen LogP contribution in [0, 0.1) is 0 Å². The second-order valence-corrected chi connectivity index (χ2v) is 4.58. The van der Waals surface area contributed by atoms with Gasteiger partial charge in [-0.15, -0.1) is 0 Å². The summed E-state index contributed by atoms with van der Waals surface area (Å²) in [6, 6.07) is 11.7. The van der Waals surface area contributed by atoms with Crippen LogP contribution >= 0.6 is 0 Å². The summed E-state index contributed by atoms with van der Waals surface area (Å²) < 4.78 is 0. The molecule has 0 radical (unpaired) electrons. The molecular formula is C14H21N. The average Bonchev–Trinajstić information content (AvgIpc) is 2.63. The number of nitrogens with zero attached hydrogens (tertiary/aromatic N) is 1. The van der Waals surface area contributed by atoms with Crippen LogP contribution in [0.3, 0.4) is 0 Å². The largest absolute Gasteiger partial charge is 0.300 e. The lowest BCUT2D eigenvalue weighted by molar-refractivity contribution is 0.260. The van der Waals surface area contributed by atoms with Crippen molar-refractivity contribution >= 4 is 0 Å². The van der Waals surface area contributed by atoms with E-state index in [4.69, 9.17) is 0 Å². The fourth-order valence-corrected chi connectivity index (χ4v) is 2.75. The third kappa shape index (κ3) is 2.23. The predicted molar refractivity (Wildman–Crippen MR) is 65.1 cm³/mol. The van der Waals surface area contributed by atoms with Gasteiger partial charge in [-0.3, -0.25) is 0 Å². The molecule has 0 bridgehead atoms. The lowest BCUT2D eigenvalue weighted by Crippen LogP contribution is -2.29. The molecule has 0 unspecified atom stereocenters. The summed E-state index contributed by atoms with van der Waals surface area (Å²) in [5.41, 5.74) is 1.52. The maximum Gasteiger partial charge on any atom is 0.0136 e. The molecule has 0 aromatic heterocycles. The lowest BCUT2D eigenvalue weighted by Gasteiger charge is -2.24. The van der Waals surface area contributed by atoms with Crippen LogP contribution in [0.4, 0.5) is 0 Å². The van der Waals surface area contributed by atoms with Crippen LogP contribution in [-0.2, 0) is 0 Å². The summed E-state index contributed by atoms with van der Waals surface area (Å²) in [5.74, 6) is 0.748. The molecule has 1 aliphatic heterocycles. The molecular weight excluding hydrogens is 182 g/mol. The van der Waals surface area contributed by atoms with Crippen molar-refractivity contribution in [1.82, 2.24) is 4.90 Å². The highest BCUT2D eigenvalue weighted by Gasteiger charge is 2.30. The lowest BCUT2D eigenvalue weighted by atomic mass is 9.93. The molecule has 2 atom stereocenters. The van der Waals surface area contributed by atoms with Gasteiger partial charge in [-0.2, -0.15) is 0 Å². The minimum absolute atomic E-state index is 0.715. The molecule has 1 saturated heterocycles. The summed E-state index contributed by atoms with van der Waals surface area (Å²) in [6.45, 7) is 7.17. The van der Waals surface area contributed by atoms with E-state index in [2.05, 4.69) is 49.1 Å². The van der Waals surface area contributed by atoms with Gasteiger partial charge in [-0.1, -0.05) is 37.3 Å². The van der Waals surface area contributed by atoms with Crippen LogP contribution in [-0.4, -0.2) is 24.0 Å². The second-order valence-electron chi connectivity index (χ2n) is 4.58. The third-order valence-electron chi connectivity index (χ3n) is 3.62. The van der Waals surface area contributed by atoms with E-state index in [1.54, 1.807) is 0 Å². The van der Waals surface area contributed by atoms with Gasteiger partial charge >= 0.3 is 0 Å². The van der Waals surface area contributed by atoms with Crippen molar-refractivity contribution in [1.29, 1.82) is 0 Å². The molecule has 82 valence electrons. The Bertz CT molecular complexity index is 293. The zero-order valence-electron chi connectivity index (χ0n) is 9.82. The van der Waals surface area contributed by atoms with E-state index in [0.29, 0.717) is 6.04 Å². The molecule has 1 nitrogen and oxygen atoms in total. The molecule has 15 heavy (non-hydrogen) atoms. The SMILES string of the molecule is CCCN1CC[C@H](c2ccccc2)[C@@H]1C. The quantitative estimate of drug-likeness (QED) is 0.728. The summed E-state index contributed by atoms with van der Waals surface area (Å²) in [7, 11) is 0. The first-order valence-electron chi connectivity index (χ1n) is 6.12. The first-order chi connectivity index (χ1) is 7.33. The Kier molecular flexibility index (Phi) is 3.42. The van der Waals surface area contributed by atoms with Crippen molar-refractivity contribution in [3.8, 4) is 0 Å². The molecule has 1 heteroatoms. The molecule has 1 aromatic rings. The van der Waals surface area contributed by atoms with Gasteiger partial charge in [-0.25, -0.2) is 0 Å². The van der Waals surface area contributed by atoms with Gasteiger partial charge < -0.3 is 4.90 Å². The van der Waals surface area contributed by atoms with Crippen molar-refractivity contribution in [3.63, 3.8) is 0 Å². The van der Waals surface area contributed by atoms with Gasteiger partial charge in [0.15, 0.2) is 0 Å². The zero-order chi connectivity index (χ0) is 10.7. The van der Waals surface area contributed by atoms with Crippen LogP contribution in [0.15, 0.2) is 30.3 Å². The van der Waals surface area contributed by atoms with Crippen molar-refractivity contribution in [2.45, 2.75) is 38.6 Å². The van der Waals surface area contributed by atoms with E-state index in [1.807, 2.05) is 0 Å². The summed E-state index contributed by atoms with van der Waals surface area (Å²) in [6.07, 6.45) is 2.59. The molecule has 0 N–H and O–H groups in total. The van der Waals surface area contributed by atoms with Gasteiger partial charge in [0.25, 0.3) is 0 Å². The van der Waals surface area contributed by atoms with E-state index in [0.717, 1.165) is 5.92 Å². The minimum Gasteiger partial charge on any atom is -0.300 e. The monoisotopic (exact) mass is 203 g/mol. The van der Waals surface area contributed by atoms with Gasteiger partial charge in [0.05, 0.1) is 0 Å². The number of likely N-dealkylation sites (tertiary alicyclic amines) is 1. The minimum atomic E-state index is 0.715. The van der Waals surface area contributed by atoms with Crippen molar-refractivity contribution in [2.24, 2.45) is 0 Å². The molecule has 1 aromatic carbocycles. The van der Waals surface area contributed by atoms with Crippen LogP contribution in [0.1, 0.15) is 38.2 Å². The summed E-state index contributed by atoms with van der Waals surface area (Å²) >= 11 is 0. The Morgan fingerprint density at radius 1 is 1.27 bits per heavy atom. The van der Waals surface area contributed by atoms with E-state index >= 15 is 0 Å². The third-order valence-corrected chi connectivity index (χ3v) is 3.62. The Hall–Kier alpha value is -0.820. The Labute approximate surface area is 93.1 Å². The van der Waals surface area contributed by atoms with Crippen LogP contribution in [0.25, 0.3) is 0 Å². The second kappa shape index (κ2) is 4.80. The molecule has 0 amide bonds. The number of hydrogen-bond acceptors (Lipinski definition) is 1. The van der Waals surface area contributed by atoms with Gasteiger partial charge in [-0.05, 0) is 38.4 Å². The predicted octanol–water partition coefficient (Wildman–Crippen LogP) is 3.27. The van der Waals surface area contributed by atoms with Crippen molar-refractivity contribution in [3.05, 3.63) is 35.9 Å². The van der Waals surface area contributed by atoms with Gasteiger partial charge in [0.2, 0.25) is 0 Å². The fraction of sp³-hybridized carbons (Fsp3) is 0.571. The highest BCUT2D eigenvalue weighted by molar-refractivity contribution is 5.22. The molecule has 1 aliphatic rings. The first-order valence-corrected chi connectivity index (χ1v) is 6.12. The highest BCUT2D eigenvalue weighted by Crippen LogP contribution is 2.32. The number of rotatable bonds is 3. The molecule has 0 aliphatic carbocycles. The topological polar surface area (TPSA) is 3.24 Å².